The zero-order chi connectivity index (χ0) is 15.5. The molecule has 118 valence electrons. The van der Waals surface area contributed by atoms with Gasteiger partial charge in [-0.3, -0.25) is 16.2 Å². The fourth-order valence-electron chi connectivity index (χ4n) is 3.10. The van der Waals surface area contributed by atoms with Gasteiger partial charge in [-0.15, -0.1) is 0 Å². The summed E-state index contributed by atoms with van der Waals surface area (Å²) in [5.74, 6) is 6.77. The van der Waals surface area contributed by atoms with E-state index in [4.69, 9.17) is 15.3 Å². The van der Waals surface area contributed by atoms with Crippen molar-refractivity contribution in [1.29, 1.82) is 0 Å². The van der Waals surface area contributed by atoms with Crippen molar-refractivity contribution in [2.24, 2.45) is 5.84 Å². The Bertz CT molecular complexity index is 471. The van der Waals surface area contributed by atoms with Gasteiger partial charge in [0.2, 0.25) is 0 Å². The summed E-state index contributed by atoms with van der Waals surface area (Å²) >= 11 is 0. The molecule has 1 aromatic rings. The van der Waals surface area contributed by atoms with E-state index in [-0.39, 0.29) is 11.6 Å². The summed E-state index contributed by atoms with van der Waals surface area (Å²) in [7, 11) is 1.69. The molecule has 2 rings (SSSR count). The third-order valence-corrected chi connectivity index (χ3v) is 4.49. The second kappa shape index (κ2) is 6.75. The molecule has 0 spiro atoms. The molecule has 5 nitrogen and oxygen atoms in total. The fourth-order valence-corrected chi connectivity index (χ4v) is 3.10. The summed E-state index contributed by atoms with van der Waals surface area (Å²) in [5, 5.41) is 0. The highest BCUT2D eigenvalue weighted by Crippen LogP contribution is 2.34. The first-order valence-electron chi connectivity index (χ1n) is 7.44. The van der Waals surface area contributed by atoms with E-state index in [0.717, 1.165) is 32.1 Å². The van der Waals surface area contributed by atoms with E-state index in [0.29, 0.717) is 0 Å². The predicted molar refractivity (Wildman–Crippen MR) is 84.3 cm³/mol. The van der Waals surface area contributed by atoms with Crippen LogP contribution in [0.1, 0.15) is 31.0 Å². The van der Waals surface area contributed by atoms with Gasteiger partial charge in [-0.05, 0) is 44.0 Å². The highest BCUT2D eigenvalue weighted by molar-refractivity contribution is 5.38. The van der Waals surface area contributed by atoms with Gasteiger partial charge in [-0.25, -0.2) is 0 Å². The first-order valence-corrected chi connectivity index (χ1v) is 7.44. The van der Waals surface area contributed by atoms with Crippen molar-refractivity contribution in [2.45, 2.75) is 32.4 Å². The molecule has 21 heavy (non-hydrogen) atoms. The number of nitrogens with zero attached hydrogens (tertiary/aromatic N) is 1. The van der Waals surface area contributed by atoms with Crippen molar-refractivity contribution in [3.8, 4) is 5.75 Å². The summed E-state index contributed by atoms with van der Waals surface area (Å²) in [5.41, 5.74) is 5.29. The van der Waals surface area contributed by atoms with Crippen LogP contribution >= 0.6 is 0 Å². The zero-order valence-electron chi connectivity index (χ0n) is 13.5. The van der Waals surface area contributed by atoms with Crippen LogP contribution in [0, 0.1) is 6.92 Å². The largest absolute Gasteiger partial charge is 0.497 e. The van der Waals surface area contributed by atoms with Crippen molar-refractivity contribution < 1.29 is 9.47 Å². The van der Waals surface area contributed by atoms with Crippen molar-refractivity contribution in [3.05, 3.63) is 29.3 Å². The monoisotopic (exact) mass is 293 g/mol. The number of hydrogen-bond acceptors (Lipinski definition) is 5. The molecule has 0 aliphatic carbocycles. The number of hydrazine groups is 1. The number of ether oxygens (including phenoxy) is 2. The van der Waals surface area contributed by atoms with Crippen LogP contribution in [0.4, 0.5) is 0 Å². The van der Waals surface area contributed by atoms with E-state index in [1.165, 1.54) is 11.1 Å². The summed E-state index contributed by atoms with van der Waals surface area (Å²) < 4.78 is 10.7. The topological polar surface area (TPSA) is 59.8 Å². The Labute approximate surface area is 127 Å². The minimum atomic E-state index is -0.0993. The first kappa shape index (κ1) is 16.2. The summed E-state index contributed by atoms with van der Waals surface area (Å²) in [6.07, 6.45) is 0. The normalized spacial score (nSPS) is 18.5. The SMILES string of the molecule is COc1ccc(C(NN)C(C)(C)N2CCOCC2)c(C)c1. The van der Waals surface area contributed by atoms with Gasteiger partial charge in [-0.1, -0.05) is 6.07 Å². The fraction of sp³-hybridized carbons (Fsp3) is 0.625. The quantitative estimate of drug-likeness (QED) is 0.638. The first-order chi connectivity index (χ1) is 10.0. The minimum Gasteiger partial charge on any atom is -0.497 e. The second-order valence-corrected chi connectivity index (χ2v) is 6.08. The second-order valence-electron chi connectivity index (χ2n) is 6.08. The van der Waals surface area contributed by atoms with Crippen molar-refractivity contribution in [3.63, 3.8) is 0 Å². The van der Waals surface area contributed by atoms with Crippen LogP contribution in [0.5, 0.6) is 5.75 Å². The molecule has 0 aromatic heterocycles. The molecule has 1 heterocycles. The Kier molecular flexibility index (Phi) is 5.22. The van der Waals surface area contributed by atoms with Crippen molar-refractivity contribution in [2.75, 3.05) is 33.4 Å². The number of benzene rings is 1. The number of nitrogens with one attached hydrogen (secondary N) is 1. The highest BCUT2D eigenvalue weighted by Gasteiger charge is 2.37. The summed E-state index contributed by atoms with van der Waals surface area (Å²) in [4.78, 5) is 2.44. The van der Waals surface area contributed by atoms with E-state index < -0.39 is 0 Å². The van der Waals surface area contributed by atoms with Gasteiger partial charge in [0.05, 0.1) is 26.4 Å². The van der Waals surface area contributed by atoms with Gasteiger partial charge >= 0.3 is 0 Å². The van der Waals surface area contributed by atoms with Crippen LogP contribution in [-0.2, 0) is 4.74 Å². The molecule has 1 aliphatic rings. The van der Waals surface area contributed by atoms with Crippen LogP contribution < -0.4 is 16.0 Å². The Morgan fingerprint density at radius 1 is 1.33 bits per heavy atom. The Balaban J connectivity index is 2.29. The molecule has 0 saturated carbocycles. The zero-order valence-corrected chi connectivity index (χ0v) is 13.5. The molecule has 0 bridgehead atoms. The average Bonchev–Trinajstić information content (AvgIpc) is 2.50. The van der Waals surface area contributed by atoms with Gasteiger partial charge < -0.3 is 9.47 Å². The molecular weight excluding hydrogens is 266 g/mol. The van der Waals surface area contributed by atoms with Crippen LogP contribution in [-0.4, -0.2) is 43.9 Å². The van der Waals surface area contributed by atoms with Crippen molar-refractivity contribution >= 4 is 0 Å². The summed E-state index contributed by atoms with van der Waals surface area (Å²) in [6, 6.07) is 6.18. The van der Waals surface area contributed by atoms with E-state index >= 15 is 0 Å². The molecule has 1 atom stereocenters. The van der Waals surface area contributed by atoms with Crippen LogP contribution in [0.2, 0.25) is 0 Å². The number of methoxy groups -OCH3 is 1. The lowest BCUT2D eigenvalue weighted by atomic mass is 9.85. The molecule has 0 amide bonds. The molecule has 3 N–H and O–H groups in total. The van der Waals surface area contributed by atoms with Gasteiger partial charge in [0.15, 0.2) is 0 Å². The number of rotatable bonds is 5. The Morgan fingerprint density at radius 3 is 2.52 bits per heavy atom. The highest BCUT2D eigenvalue weighted by atomic mass is 16.5. The van der Waals surface area contributed by atoms with Crippen molar-refractivity contribution in [1.82, 2.24) is 10.3 Å². The molecule has 5 heteroatoms. The minimum absolute atomic E-state index is 0.0431. The number of aryl methyl sites for hydroxylation is 1. The lowest BCUT2D eigenvalue weighted by Gasteiger charge is -2.46. The van der Waals surface area contributed by atoms with E-state index in [1.807, 2.05) is 6.07 Å². The van der Waals surface area contributed by atoms with Gasteiger partial charge in [-0.2, -0.15) is 0 Å². The molecular formula is C16H27N3O2. The molecule has 1 unspecified atom stereocenters. The Hall–Kier alpha value is -1.14. The Morgan fingerprint density at radius 2 is 2.00 bits per heavy atom. The van der Waals surface area contributed by atoms with E-state index in [9.17, 15) is 0 Å². The van der Waals surface area contributed by atoms with E-state index in [1.54, 1.807) is 7.11 Å². The van der Waals surface area contributed by atoms with Gasteiger partial charge in [0, 0.05) is 18.6 Å². The maximum atomic E-state index is 5.90. The lowest BCUT2D eigenvalue weighted by molar-refractivity contribution is -0.0239. The molecule has 0 radical (unpaired) electrons. The predicted octanol–water partition coefficient (Wildman–Crippen LogP) is 1.62. The van der Waals surface area contributed by atoms with Crippen LogP contribution in [0.3, 0.4) is 0 Å². The maximum Gasteiger partial charge on any atom is 0.119 e. The lowest BCUT2D eigenvalue weighted by Crippen LogP contribution is -2.57. The molecule has 1 aliphatic heterocycles. The van der Waals surface area contributed by atoms with Gasteiger partial charge in [0.25, 0.3) is 0 Å². The number of nitrogens with two attached hydrogens (primary N) is 1. The maximum absolute atomic E-state index is 5.90. The standard InChI is InChI=1S/C16H27N3O2/c1-12-11-13(20-4)5-6-14(12)15(18-17)16(2,3)19-7-9-21-10-8-19/h5-6,11,15,18H,7-10,17H2,1-4H3. The summed E-state index contributed by atoms with van der Waals surface area (Å²) in [6.45, 7) is 9.97. The smallest absolute Gasteiger partial charge is 0.119 e. The third kappa shape index (κ3) is 3.37. The molecule has 1 fully saturated rings. The van der Waals surface area contributed by atoms with E-state index in [2.05, 4.69) is 43.2 Å². The van der Waals surface area contributed by atoms with Crippen LogP contribution in [0.25, 0.3) is 0 Å². The van der Waals surface area contributed by atoms with Gasteiger partial charge in [0.1, 0.15) is 5.75 Å². The molecule has 1 aromatic carbocycles. The molecule has 1 saturated heterocycles. The average molecular weight is 293 g/mol. The van der Waals surface area contributed by atoms with Crippen LogP contribution in [0.15, 0.2) is 18.2 Å². The number of hydrogen-bond donors (Lipinski definition) is 2. The third-order valence-electron chi connectivity index (χ3n) is 4.49. The number of morpholine rings is 1.